The smallest absolute Gasteiger partial charge is 0.268 e. The summed E-state index contributed by atoms with van der Waals surface area (Å²) in [6.45, 7) is -0.0143. The fourth-order valence-electron chi connectivity index (χ4n) is 2.77. The SMILES string of the molecule is O=C1CN(C(=O)c2ccc(-c3ccc(F)cc3)s2)c2ccccc2N1. The quantitative estimate of drug-likeness (QED) is 0.753. The lowest BCUT2D eigenvalue weighted by Crippen LogP contribution is -2.41. The van der Waals surface area contributed by atoms with Gasteiger partial charge < -0.3 is 5.32 Å². The molecule has 2 amide bonds. The zero-order valence-electron chi connectivity index (χ0n) is 13.0. The first-order valence-corrected chi connectivity index (χ1v) is 8.50. The van der Waals surface area contributed by atoms with E-state index >= 15 is 0 Å². The van der Waals surface area contributed by atoms with Gasteiger partial charge in [-0.2, -0.15) is 0 Å². The number of nitrogens with one attached hydrogen (secondary N) is 1. The second-order valence-corrected chi connectivity index (χ2v) is 6.71. The molecule has 0 atom stereocenters. The van der Waals surface area contributed by atoms with Crippen LogP contribution in [0.15, 0.2) is 60.7 Å². The van der Waals surface area contributed by atoms with Gasteiger partial charge in [-0.25, -0.2) is 4.39 Å². The van der Waals surface area contributed by atoms with Gasteiger partial charge in [0.15, 0.2) is 0 Å². The van der Waals surface area contributed by atoms with Gasteiger partial charge in [0.1, 0.15) is 12.4 Å². The summed E-state index contributed by atoms with van der Waals surface area (Å²) in [5.74, 6) is -0.740. The Morgan fingerprint density at radius 1 is 1.04 bits per heavy atom. The van der Waals surface area contributed by atoms with E-state index in [0.717, 1.165) is 10.4 Å². The third kappa shape index (κ3) is 2.92. The number of hydrogen-bond donors (Lipinski definition) is 1. The van der Waals surface area contributed by atoms with E-state index in [1.807, 2.05) is 18.2 Å². The summed E-state index contributed by atoms with van der Waals surface area (Å²) in [6.07, 6.45) is 0. The Bertz CT molecular complexity index is 966. The third-order valence-corrected chi connectivity index (χ3v) is 5.08. The highest BCUT2D eigenvalue weighted by molar-refractivity contribution is 7.17. The first-order valence-electron chi connectivity index (χ1n) is 7.68. The van der Waals surface area contributed by atoms with Crippen LogP contribution in [0.3, 0.4) is 0 Å². The van der Waals surface area contributed by atoms with Crippen molar-refractivity contribution >= 4 is 34.5 Å². The van der Waals surface area contributed by atoms with Crippen molar-refractivity contribution in [2.75, 3.05) is 16.8 Å². The maximum Gasteiger partial charge on any atom is 0.268 e. The normalized spacial score (nSPS) is 13.3. The molecule has 1 N–H and O–H groups in total. The van der Waals surface area contributed by atoms with Crippen LogP contribution < -0.4 is 10.2 Å². The zero-order valence-corrected chi connectivity index (χ0v) is 13.8. The second-order valence-electron chi connectivity index (χ2n) is 5.63. The average molecular weight is 352 g/mol. The van der Waals surface area contributed by atoms with Gasteiger partial charge in [0.2, 0.25) is 5.91 Å². The van der Waals surface area contributed by atoms with E-state index in [-0.39, 0.29) is 24.2 Å². The maximum absolute atomic E-state index is 13.1. The van der Waals surface area contributed by atoms with E-state index in [0.29, 0.717) is 16.3 Å². The van der Waals surface area contributed by atoms with E-state index in [9.17, 15) is 14.0 Å². The molecule has 2 aromatic carbocycles. The number of halogens is 1. The minimum atomic E-state index is -0.299. The number of thiophene rings is 1. The van der Waals surface area contributed by atoms with Crippen molar-refractivity contribution in [1.82, 2.24) is 0 Å². The molecule has 0 fully saturated rings. The molecule has 124 valence electrons. The first-order chi connectivity index (χ1) is 12.1. The summed E-state index contributed by atoms with van der Waals surface area (Å²) in [6, 6.07) is 16.9. The number of fused-ring (bicyclic) bond motifs is 1. The molecule has 1 aliphatic rings. The van der Waals surface area contributed by atoms with Crippen LogP contribution in [-0.2, 0) is 4.79 Å². The Labute approximate surface area is 147 Å². The molecule has 1 aliphatic heterocycles. The number of hydrogen-bond acceptors (Lipinski definition) is 3. The molecule has 0 saturated heterocycles. The van der Waals surface area contributed by atoms with Gasteiger partial charge in [0.25, 0.3) is 5.91 Å². The summed E-state index contributed by atoms with van der Waals surface area (Å²) >= 11 is 1.32. The summed E-state index contributed by atoms with van der Waals surface area (Å²) in [5, 5.41) is 2.77. The Morgan fingerprint density at radius 3 is 2.60 bits per heavy atom. The molecule has 4 rings (SSSR count). The van der Waals surface area contributed by atoms with Crippen molar-refractivity contribution in [1.29, 1.82) is 0 Å². The number of carbonyl (C=O) groups excluding carboxylic acids is 2. The highest BCUT2D eigenvalue weighted by Gasteiger charge is 2.28. The number of para-hydroxylation sites is 2. The monoisotopic (exact) mass is 352 g/mol. The Hall–Kier alpha value is -2.99. The average Bonchev–Trinajstić information content (AvgIpc) is 3.11. The minimum Gasteiger partial charge on any atom is -0.323 e. The van der Waals surface area contributed by atoms with Crippen LogP contribution in [0, 0.1) is 5.82 Å². The predicted molar refractivity (Wildman–Crippen MR) is 96.5 cm³/mol. The van der Waals surface area contributed by atoms with Crippen molar-refractivity contribution in [3.63, 3.8) is 0 Å². The molecule has 0 bridgehead atoms. The van der Waals surface area contributed by atoms with Gasteiger partial charge >= 0.3 is 0 Å². The van der Waals surface area contributed by atoms with Gasteiger partial charge in [-0.05, 0) is 42.0 Å². The highest BCUT2D eigenvalue weighted by atomic mass is 32.1. The standard InChI is InChI=1S/C19H13FN2O2S/c20-13-7-5-12(6-8-13)16-9-10-17(25-16)19(24)22-11-18(23)21-14-3-1-2-4-15(14)22/h1-10H,11H2,(H,21,23). The first kappa shape index (κ1) is 15.5. The number of carbonyl (C=O) groups is 2. The molecular weight excluding hydrogens is 339 g/mol. The summed E-state index contributed by atoms with van der Waals surface area (Å²) < 4.78 is 13.1. The van der Waals surface area contributed by atoms with Gasteiger partial charge in [0, 0.05) is 4.88 Å². The third-order valence-electron chi connectivity index (χ3n) is 3.96. The van der Waals surface area contributed by atoms with Crippen LogP contribution in [0.2, 0.25) is 0 Å². The lowest BCUT2D eigenvalue weighted by molar-refractivity contribution is -0.115. The molecule has 0 aliphatic carbocycles. The molecule has 6 heteroatoms. The van der Waals surface area contributed by atoms with E-state index in [1.54, 1.807) is 30.3 Å². The number of anilines is 2. The van der Waals surface area contributed by atoms with Crippen molar-refractivity contribution < 1.29 is 14.0 Å². The van der Waals surface area contributed by atoms with Crippen LogP contribution in [0.25, 0.3) is 10.4 Å². The van der Waals surface area contributed by atoms with Gasteiger partial charge in [-0.1, -0.05) is 24.3 Å². The van der Waals surface area contributed by atoms with Crippen LogP contribution in [0.1, 0.15) is 9.67 Å². The molecular formula is C19H13FN2O2S. The second kappa shape index (κ2) is 6.14. The van der Waals surface area contributed by atoms with E-state index in [1.165, 1.54) is 28.4 Å². The number of nitrogens with zero attached hydrogens (tertiary/aromatic N) is 1. The molecule has 1 aromatic heterocycles. The Morgan fingerprint density at radius 2 is 1.80 bits per heavy atom. The zero-order chi connectivity index (χ0) is 17.4. The summed E-state index contributed by atoms with van der Waals surface area (Å²) in [4.78, 5) is 27.7. The summed E-state index contributed by atoms with van der Waals surface area (Å²) in [5.41, 5.74) is 2.16. The van der Waals surface area contributed by atoms with Crippen LogP contribution >= 0.6 is 11.3 Å². The highest BCUT2D eigenvalue weighted by Crippen LogP contribution is 2.33. The van der Waals surface area contributed by atoms with Gasteiger partial charge in [0.05, 0.1) is 16.3 Å². The topological polar surface area (TPSA) is 49.4 Å². The van der Waals surface area contributed by atoms with E-state index < -0.39 is 0 Å². The lowest BCUT2D eigenvalue weighted by atomic mass is 10.2. The minimum absolute atomic E-state index is 0.0143. The van der Waals surface area contributed by atoms with Gasteiger partial charge in [-0.3, -0.25) is 14.5 Å². The van der Waals surface area contributed by atoms with Crippen molar-refractivity contribution in [3.8, 4) is 10.4 Å². The molecule has 2 heterocycles. The molecule has 25 heavy (non-hydrogen) atoms. The van der Waals surface area contributed by atoms with E-state index in [2.05, 4.69) is 5.32 Å². The van der Waals surface area contributed by atoms with Crippen molar-refractivity contribution in [2.24, 2.45) is 0 Å². The van der Waals surface area contributed by atoms with Crippen molar-refractivity contribution in [3.05, 3.63) is 71.4 Å². The fraction of sp³-hybridized carbons (Fsp3) is 0.0526. The van der Waals surface area contributed by atoms with Crippen molar-refractivity contribution in [2.45, 2.75) is 0 Å². The molecule has 0 unspecified atom stereocenters. The molecule has 0 radical (unpaired) electrons. The Kier molecular flexibility index (Phi) is 3.82. The molecule has 0 spiro atoms. The molecule has 0 saturated carbocycles. The number of benzene rings is 2. The van der Waals surface area contributed by atoms with Crippen LogP contribution in [0.5, 0.6) is 0 Å². The lowest BCUT2D eigenvalue weighted by Gasteiger charge is -2.28. The number of amides is 2. The molecule has 3 aromatic rings. The van der Waals surface area contributed by atoms with Gasteiger partial charge in [-0.15, -0.1) is 11.3 Å². The largest absolute Gasteiger partial charge is 0.323 e. The Balaban J connectivity index is 1.66. The van der Waals surface area contributed by atoms with E-state index in [4.69, 9.17) is 0 Å². The summed E-state index contributed by atoms with van der Waals surface area (Å²) in [7, 11) is 0. The molecule has 4 nitrogen and oxygen atoms in total. The fourth-order valence-corrected chi connectivity index (χ4v) is 3.73. The predicted octanol–water partition coefficient (Wildman–Crippen LogP) is 4.15. The van der Waals surface area contributed by atoms with Crippen LogP contribution in [0.4, 0.5) is 15.8 Å². The maximum atomic E-state index is 13.1. The van der Waals surface area contributed by atoms with Crippen LogP contribution in [-0.4, -0.2) is 18.4 Å². The number of rotatable bonds is 2.